The number of fused-ring (bicyclic) bond motifs is 1. The van der Waals surface area contributed by atoms with E-state index in [0.717, 1.165) is 30.6 Å². The highest BCUT2D eigenvalue weighted by atomic mass is 35.5. The number of pyridine rings is 1. The molecule has 0 aliphatic carbocycles. The van der Waals surface area contributed by atoms with Crippen molar-refractivity contribution in [2.45, 2.75) is 19.5 Å². The Labute approximate surface area is 133 Å². The number of aromatic nitrogens is 1. The molecule has 106 valence electrons. The molecule has 3 nitrogen and oxygen atoms in total. The van der Waals surface area contributed by atoms with E-state index in [9.17, 15) is 0 Å². The molecule has 0 amide bonds. The van der Waals surface area contributed by atoms with Gasteiger partial charge in [0, 0.05) is 19.6 Å². The van der Waals surface area contributed by atoms with Crippen molar-refractivity contribution in [3.05, 3.63) is 68.7 Å². The quantitative estimate of drug-likeness (QED) is 0.600. The zero-order chi connectivity index (χ0) is 14.8. The van der Waals surface area contributed by atoms with Crippen LogP contribution in [0.1, 0.15) is 16.7 Å². The maximum absolute atomic E-state index is 7.27. The van der Waals surface area contributed by atoms with Crippen LogP contribution in [0.15, 0.2) is 30.3 Å². The van der Waals surface area contributed by atoms with Crippen LogP contribution in [0, 0.1) is 6.57 Å². The van der Waals surface area contributed by atoms with Gasteiger partial charge >= 0.3 is 0 Å². The molecule has 0 atom stereocenters. The summed E-state index contributed by atoms with van der Waals surface area (Å²) in [4.78, 5) is 9.91. The minimum atomic E-state index is 0.213. The molecule has 0 radical (unpaired) electrons. The number of halogens is 2. The summed E-state index contributed by atoms with van der Waals surface area (Å²) in [7, 11) is 0. The standard InChI is InChI=1S/C16H13Cl2N3/c1-19-14-12-7-8-21(9-11-5-3-2-4-6-11)10-13(12)15(17)20-16(14)18/h2-6H,7-10H2. The second-order valence-corrected chi connectivity index (χ2v) is 5.77. The Morgan fingerprint density at radius 2 is 1.90 bits per heavy atom. The number of nitrogens with zero attached hydrogens (tertiary/aromatic N) is 3. The average molecular weight is 318 g/mol. The Balaban J connectivity index is 1.88. The van der Waals surface area contributed by atoms with Gasteiger partial charge in [0.1, 0.15) is 10.3 Å². The van der Waals surface area contributed by atoms with Crippen molar-refractivity contribution in [1.29, 1.82) is 0 Å². The van der Waals surface area contributed by atoms with Crippen LogP contribution in [0.5, 0.6) is 0 Å². The van der Waals surface area contributed by atoms with Gasteiger partial charge in [-0.25, -0.2) is 9.83 Å². The van der Waals surface area contributed by atoms with Crippen molar-refractivity contribution >= 4 is 28.9 Å². The molecular formula is C16H13Cl2N3. The lowest BCUT2D eigenvalue weighted by Crippen LogP contribution is -2.30. The van der Waals surface area contributed by atoms with Gasteiger partial charge in [-0.2, -0.15) is 0 Å². The van der Waals surface area contributed by atoms with E-state index >= 15 is 0 Å². The Morgan fingerprint density at radius 3 is 2.62 bits per heavy atom. The fourth-order valence-corrected chi connectivity index (χ4v) is 3.23. The van der Waals surface area contributed by atoms with Gasteiger partial charge in [0.15, 0.2) is 0 Å². The Hall–Kier alpha value is -1.60. The van der Waals surface area contributed by atoms with Crippen LogP contribution >= 0.6 is 23.2 Å². The first-order chi connectivity index (χ1) is 10.2. The normalized spacial score (nSPS) is 14.5. The summed E-state index contributed by atoms with van der Waals surface area (Å²) in [5.74, 6) is 0. The minimum absolute atomic E-state index is 0.213. The highest BCUT2D eigenvalue weighted by Crippen LogP contribution is 2.37. The van der Waals surface area contributed by atoms with Crippen LogP contribution in [0.25, 0.3) is 4.85 Å². The summed E-state index contributed by atoms with van der Waals surface area (Å²) in [6.07, 6.45) is 0.780. The fourth-order valence-electron chi connectivity index (χ4n) is 2.69. The molecule has 2 heterocycles. The van der Waals surface area contributed by atoms with E-state index in [-0.39, 0.29) is 5.15 Å². The summed E-state index contributed by atoms with van der Waals surface area (Å²) in [5.41, 5.74) is 3.62. The maximum atomic E-state index is 7.27. The van der Waals surface area contributed by atoms with Crippen molar-refractivity contribution in [2.24, 2.45) is 0 Å². The van der Waals surface area contributed by atoms with Crippen molar-refractivity contribution < 1.29 is 0 Å². The summed E-state index contributed by atoms with van der Waals surface area (Å²) >= 11 is 12.2. The molecule has 1 aliphatic rings. The van der Waals surface area contributed by atoms with E-state index in [0.29, 0.717) is 17.4 Å². The van der Waals surface area contributed by atoms with Crippen molar-refractivity contribution in [3.63, 3.8) is 0 Å². The van der Waals surface area contributed by atoms with E-state index in [4.69, 9.17) is 29.8 Å². The molecule has 0 spiro atoms. The third-order valence-corrected chi connectivity index (χ3v) is 4.29. The topological polar surface area (TPSA) is 20.5 Å². The SMILES string of the molecule is [C-]#[N+]c1c(Cl)nc(Cl)c2c1CCN(Cc1ccccc1)C2. The number of benzene rings is 1. The van der Waals surface area contributed by atoms with E-state index < -0.39 is 0 Å². The van der Waals surface area contributed by atoms with Gasteiger partial charge < -0.3 is 0 Å². The van der Waals surface area contributed by atoms with Crippen LogP contribution in [-0.4, -0.2) is 16.4 Å². The molecule has 3 rings (SSSR count). The minimum Gasteiger partial charge on any atom is -0.294 e. The number of rotatable bonds is 2. The highest BCUT2D eigenvalue weighted by Gasteiger charge is 2.24. The van der Waals surface area contributed by atoms with Crippen LogP contribution in [0.4, 0.5) is 5.69 Å². The molecule has 0 saturated carbocycles. The predicted molar refractivity (Wildman–Crippen MR) is 84.8 cm³/mol. The molecule has 0 unspecified atom stereocenters. The van der Waals surface area contributed by atoms with Gasteiger partial charge in [-0.1, -0.05) is 53.5 Å². The first-order valence-electron chi connectivity index (χ1n) is 6.69. The monoisotopic (exact) mass is 317 g/mol. The van der Waals surface area contributed by atoms with Crippen LogP contribution in [0.3, 0.4) is 0 Å². The molecule has 1 aromatic carbocycles. The lowest BCUT2D eigenvalue weighted by Gasteiger charge is -2.30. The third kappa shape index (κ3) is 2.89. The lowest BCUT2D eigenvalue weighted by molar-refractivity contribution is 0.245. The molecule has 5 heteroatoms. The van der Waals surface area contributed by atoms with Gasteiger partial charge in [0.2, 0.25) is 5.69 Å². The largest absolute Gasteiger partial charge is 0.294 e. The van der Waals surface area contributed by atoms with E-state index in [1.54, 1.807) is 0 Å². The maximum Gasteiger partial charge on any atom is 0.227 e. The summed E-state index contributed by atoms with van der Waals surface area (Å²) < 4.78 is 0. The Morgan fingerprint density at radius 1 is 1.14 bits per heavy atom. The van der Waals surface area contributed by atoms with E-state index in [2.05, 4.69) is 26.9 Å². The smallest absolute Gasteiger partial charge is 0.227 e. The van der Waals surface area contributed by atoms with Gasteiger partial charge in [0.25, 0.3) is 0 Å². The molecule has 1 aromatic heterocycles. The lowest BCUT2D eigenvalue weighted by atomic mass is 10.00. The average Bonchev–Trinajstić information content (AvgIpc) is 2.49. The highest BCUT2D eigenvalue weighted by molar-refractivity contribution is 6.35. The fraction of sp³-hybridized carbons (Fsp3) is 0.250. The van der Waals surface area contributed by atoms with Crippen LogP contribution < -0.4 is 0 Å². The first kappa shape index (κ1) is 14.3. The molecule has 0 bridgehead atoms. The van der Waals surface area contributed by atoms with Crippen LogP contribution in [-0.2, 0) is 19.5 Å². The van der Waals surface area contributed by atoms with Crippen molar-refractivity contribution in [1.82, 2.24) is 9.88 Å². The number of hydrogen-bond donors (Lipinski definition) is 0. The molecular weight excluding hydrogens is 305 g/mol. The Kier molecular flexibility index (Phi) is 4.12. The third-order valence-electron chi connectivity index (χ3n) is 3.71. The van der Waals surface area contributed by atoms with Gasteiger partial charge in [-0.15, -0.1) is 0 Å². The van der Waals surface area contributed by atoms with E-state index in [1.165, 1.54) is 5.56 Å². The van der Waals surface area contributed by atoms with Crippen molar-refractivity contribution in [2.75, 3.05) is 6.54 Å². The van der Waals surface area contributed by atoms with E-state index in [1.807, 2.05) is 18.2 Å². The molecule has 0 N–H and O–H groups in total. The van der Waals surface area contributed by atoms with Crippen LogP contribution in [0.2, 0.25) is 10.3 Å². The van der Waals surface area contributed by atoms with Crippen molar-refractivity contribution in [3.8, 4) is 0 Å². The van der Waals surface area contributed by atoms with Gasteiger partial charge in [-0.3, -0.25) is 4.90 Å². The summed E-state index contributed by atoms with van der Waals surface area (Å²) in [5, 5.41) is 0.630. The zero-order valence-electron chi connectivity index (χ0n) is 11.3. The molecule has 0 saturated heterocycles. The first-order valence-corrected chi connectivity index (χ1v) is 7.45. The zero-order valence-corrected chi connectivity index (χ0v) is 12.8. The summed E-state index contributed by atoms with van der Waals surface area (Å²) in [6.45, 7) is 9.73. The predicted octanol–water partition coefficient (Wildman–Crippen LogP) is 4.50. The summed E-state index contributed by atoms with van der Waals surface area (Å²) in [6, 6.07) is 10.3. The number of hydrogen-bond acceptors (Lipinski definition) is 2. The Bertz CT molecular complexity index is 708. The molecule has 21 heavy (non-hydrogen) atoms. The molecule has 0 fully saturated rings. The van der Waals surface area contributed by atoms with Gasteiger partial charge in [-0.05, 0) is 23.1 Å². The molecule has 1 aliphatic heterocycles. The van der Waals surface area contributed by atoms with Gasteiger partial charge in [0.05, 0.1) is 6.57 Å². The second-order valence-electron chi connectivity index (χ2n) is 5.06. The molecule has 2 aromatic rings. The second kappa shape index (κ2) is 6.03.